The minimum absolute atomic E-state index is 0.0356. The van der Waals surface area contributed by atoms with E-state index in [0.717, 1.165) is 6.20 Å². The van der Waals surface area contributed by atoms with Crippen molar-refractivity contribution in [3.63, 3.8) is 0 Å². The van der Waals surface area contributed by atoms with E-state index in [1.165, 1.54) is 12.3 Å². The lowest BCUT2D eigenvalue weighted by molar-refractivity contribution is 0.102. The molecule has 0 saturated heterocycles. The fourth-order valence-electron chi connectivity index (χ4n) is 1.64. The smallest absolute Gasteiger partial charge is 0.278 e. The van der Waals surface area contributed by atoms with Gasteiger partial charge in [0.05, 0.1) is 23.3 Å². The van der Waals surface area contributed by atoms with Crippen LogP contribution in [0.2, 0.25) is 0 Å². The summed E-state index contributed by atoms with van der Waals surface area (Å²) in [5.41, 5.74) is 6.89. The second kappa shape index (κ2) is 5.05. The summed E-state index contributed by atoms with van der Waals surface area (Å²) in [6, 6.07) is 1.36. The van der Waals surface area contributed by atoms with Gasteiger partial charge in [-0.2, -0.15) is 5.10 Å². The van der Waals surface area contributed by atoms with Gasteiger partial charge < -0.3 is 11.1 Å². The molecule has 0 radical (unpaired) electrons. The molecular formula is C12H14FN5O. The Morgan fingerprint density at radius 1 is 1.53 bits per heavy atom. The Bertz CT molecular complexity index is 608. The fraction of sp³-hybridized carbons (Fsp3) is 0.250. The van der Waals surface area contributed by atoms with Gasteiger partial charge in [-0.1, -0.05) is 13.8 Å². The molecule has 2 rings (SSSR count). The molecule has 2 aromatic rings. The number of pyridine rings is 1. The van der Waals surface area contributed by atoms with Gasteiger partial charge in [-0.3, -0.25) is 14.9 Å². The van der Waals surface area contributed by atoms with E-state index in [2.05, 4.69) is 20.5 Å². The molecule has 0 aliphatic rings. The third-order valence-electron chi connectivity index (χ3n) is 2.65. The van der Waals surface area contributed by atoms with Crippen molar-refractivity contribution < 1.29 is 9.18 Å². The third-order valence-corrected chi connectivity index (χ3v) is 2.65. The monoisotopic (exact) mass is 263 g/mol. The van der Waals surface area contributed by atoms with Crippen molar-refractivity contribution in [1.82, 2.24) is 15.2 Å². The van der Waals surface area contributed by atoms with Gasteiger partial charge in [0.2, 0.25) is 0 Å². The van der Waals surface area contributed by atoms with Gasteiger partial charge in [0.1, 0.15) is 0 Å². The number of anilines is 2. The average Bonchev–Trinajstić information content (AvgIpc) is 2.74. The van der Waals surface area contributed by atoms with E-state index < -0.39 is 11.7 Å². The van der Waals surface area contributed by atoms with Crippen LogP contribution < -0.4 is 11.1 Å². The highest BCUT2D eigenvalue weighted by atomic mass is 19.1. The molecule has 0 aromatic carbocycles. The quantitative estimate of drug-likeness (QED) is 0.787. The predicted molar refractivity (Wildman–Crippen MR) is 69.2 cm³/mol. The van der Waals surface area contributed by atoms with E-state index in [9.17, 15) is 9.18 Å². The highest BCUT2D eigenvalue weighted by Crippen LogP contribution is 2.23. The van der Waals surface area contributed by atoms with Gasteiger partial charge in [0.15, 0.2) is 11.5 Å². The van der Waals surface area contributed by atoms with Gasteiger partial charge in [0.25, 0.3) is 5.91 Å². The van der Waals surface area contributed by atoms with Gasteiger partial charge in [-0.15, -0.1) is 0 Å². The van der Waals surface area contributed by atoms with Crippen LogP contribution in [-0.2, 0) is 0 Å². The summed E-state index contributed by atoms with van der Waals surface area (Å²) in [4.78, 5) is 15.6. The molecular weight excluding hydrogens is 249 g/mol. The van der Waals surface area contributed by atoms with Crippen molar-refractivity contribution in [3.8, 4) is 0 Å². The van der Waals surface area contributed by atoms with E-state index in [4.69, 9.17) is 5.73 Å². The fourth-order valence-corrected chi connectivity index (χ4v) is 1.64. The number of aromatic nitrogens is 3. The standard InChI is InChI=1S/C12H14FN5O/c1-6(2)10-9(14)11(18-17-10)12(19)16-8-3-4-15-5-7(8)13/h3-6H,14H2,1-2H3,(H,17,18)(H,15,16,19). The Morgan fingerprint density at radius 2 is 2.26 bits per heavy atom. The summed E-state index contributed by atoms with van der Waals surface area (Å²) < 4.78 is 13.4. The number of H-pyrrole nitrogens is 1. The van der Waals surface area contributed by atoms with Crippen molar-refractivity contribution >= 4 is 17.3 Å². The van der Waals surface area contributed by atoms with Crippen molar-refractivity contribution in [2.45, 2.75) is 19.8 Å². The number of carbonyl (C=O) groups excluding carboxylic acids is 1. The number of hydrogen-bond acceptors (Lipinski definition) is 4. The molecule has 0 aliphatic heterocycles. The molecule has 7 heteroatoms. The van der Waals surface area contributed by atoms with Crippen LogP contribution in [0, 0.1) is 5.82 Å². The molecule has 4 N–H and O–H groups in total. The maximum absolute atomic E-state index is 13.4. The van der Waals surface area contributed by atoms with E-state index in [-0.39, 0.29) is 23.0 Å². The first-order valence-corrected chi connectivity index (χ1v) is 5.75. The minimum atomic E-state index is -0.617. The Labute approximate surface area is 109 Å². The van der Waals surface area contributed by atoms with Crippen LogP contribution in [0.15, 0.2) is 18.5 Å². The minimum Gasteiger partial charge on any atom is -0.395 e. The van der Waals surface area contributed by atoms with Crippen molar-refractivity contribution in [3.05, 3.63) is 35.7 Å². The number of hydrogen-bond donors (Lipinski definition) is 3. The van der Waals surface area contributed by atoms with Gasteiger partial charge >= 0.3 is 0 Å². The van der Waals surface area contributed by atoms with E-state index >= 15 is 0 Å². The SMILES string of the molecule is CC(C)c1[nH]nc(C(=O)Nc2ccncc2F)c1N. The Morgan fingerprint density at radius 3 is 2.84 bits per heavy atom. The zero-order valence-electron chi connectivity index (χ0n) is 10.6. The number of aromatic amines is 1. The van der Waals surface area contributed by atoms with Crippen LogP contribution in [0.5, 0.6) is 0 Å². The molecule has 0 bridgehead atoms. The molecule has 0 aliphatic carbocycles. The summed E-state index contributed by atoms with van der Waals surface area (Å²) >= 11 is 0. The van der Waals surface area contributed by atoms with Crippen molar-refractivity contribution in [2.24, 2.45) is 0 Å². The van der Waals surface area contributed by atoms with Gasteiger partial charge in [0, 0.05) is 6.20 Å². The summed E-state index contributed by atoms with van der Waals surface area (Å²) in [5, 5.41) is 8.98. The number of nitrogen functional groups attached to an aromatic ring is 1. The summed E-state index contributed by atoms with van der Waals surface area (Å²) in [6.07, 6.45) is 2.40. The van der Waals surface area contributed by atoms with Gasteiger partial charge in [-0.05, 0) is 12.0 Å². The Balaban J connectivity index is 2.24. The van der Waals surface area contributed by atoms with Crippen LogP contribution in [0.1, 0.15) is 35.9 Å². The Hall–Kier alpha value is -2.44. The van der Waals surface area contributed by atoms with E-state index in [0.29, 0.717) is 5.69 Å². The first-order chi connectivity index (χ1) is 9.00. The summed E-state index contributed by atoms with van der Waals surface area (Å²) in [5.74, 6) is -1.06. The zero-order valence-corrected chi connectivity index (χ0v) is 10.6. The summed E-state index contributed by atoms with van der Waals surface area (Å²) in [7, 11) is 0. The third kappa shape index (κ3) is 2.54. The van der Waals surface area contributed by atoms with Crippen LogP contribution in [0.25, 0.3) is 0 Å². The molecule has 1 amide bonds. The first-order valence-electron chi connectivity index (χ1n) is 5.75. The summed E-state index contributed by atoms with van der Waals surface area (Å²) in [6.45, 7) is 3.85. The number of nitrogens with zero attached hydrogens (tertiary/aromatic N) is 2. The second-order valence-corrected chi connectivity index (χ2v) is 4.36. The van der Waals surface area contributed by atoms with Gasteiger partial charge in [-0.25, -0.2) is 4.39 Å². The molecule has 2 aromatic heterocycles. The zero-order chi connectivity index (χ0) is 14.0. The largest absolute Gasteiger partial charge is 0.395 e. The molecule has 0 fully saturated rings. The lowest BCUT2D eigenvalue weighted by Crippen LogP contribution is -2.15. The maximum atomic E-state index is 13.4. The topological polar surface area (TPSA) is 96.7 Å². The normalized spacial score (nSPS) is 10.7. The highest BCUT2D eigenvalue weighted by Gasteiger charge is 2.19. The van der Waals surface area contributed by atoms with Crippen molar-refractivity contribution in [1.29, 1.82) is 0 Å². The first kappa shape index (κ1) is 13.0. The molecule has 6 nitrogen and oxygen atoms in total. The van der Waals surface area contributed by atoms with E-state index in [1.807, 2.05) is 13.8 Å². The number of nitrogens with one attached hydrogen (secondary N) is 2. The lowest BCUT2D eigenvalue weighted by atomic mass is 10.1. The molecule has 19 heavy (non-hydrogen) atoms. The average molecular weight is 263 g/mol. The van der Waals surface area contributed by atoms with E-state index in [1.54, 1.807) is 0 Å². The number of amides is 1. The molecule has 0 saturated carbocycles. The molecule has 2 heterocycles. The van der Waals surface area contributed by atoms with Crippen LogP contribution in [0.4, 0.5) is 15.8 Å². The number of nitrogens with two attached hydrogens (primary N) is 1. The second-order valence-electron chi connectivity index (χ2n) is 4.36. The number of rotatable bonds is 3. The number of halogens is 1. The Kier molecular flexibility index (Phi) is 3.46. The molecule has 100 valence electrons. The van der Waals surface area contributed by atoms with Crippen LogP contribution >= 0.6 is 0 Å². The van der Waals surface area contributed by atoms with Crippen LogP contribution in [0.3, 0.4) is 0 Å². The van der Waals surface area contributed by atoms with Crippen LogP contribution in [-0.4, -0.2) is 21.1 Å². The van der Waals surface area contributed by atoms with Crippen molar-refractivity contribution in [2.75, 3.05) is 11.1 Å². The maximum Gasteiger partial charge on any atom is 0.278 e. The lowest BCUT2D eigenvalue weighted by Gasteiger charge is -2.05. The molecule has 0 spiro atoms. The molecule has 0 unspecified atom stereocenters. The predicted octanol–water partition coefficient (Wildman–Crippen LogP) is 1.90. The molecule has 0 atom stereocenters. The number of carbonyl (C=O) groups is 1. The highest BCUT2D eigenvalue weighted by molar-refractivity contribution is 6.06.